The van der Waals surface area contributed by atoms with Crippen molar-refractivity contribution in [1.29, 1.82) is 0 Å². The molecule has 0 unspecified atom stereocenters. The Labute approximate surface area is 97.2 Å². The van der Waals surface area contributed by atoms with Crippen molar-refractivity contribution < 1.29 is 18.3 Å². The summed E-state index contributed by atoms with van der Waals surface area (Å²) in [6, 6.07) is 3.51. The molecule has 0 saturated heterocycles. The lowest BCUT2D eigenvalue weighted by atomic mass is 9.63. The monoisotopic (exact) mass is 245 g/mol. The molecule has 0 spiro atoms. The highest BCUT2D eigenvalue weighted by Crippen LogP contribution is 2.50. The van der Waals surface area contributed by atoms with Crippen molar-refractivity contribution in [3.63, 3.8) is 0 Å². The van der Waals surface area contributed by atoms with Crippen LogP contribution in [-0.2, 0) is 11.6 Å². The highest BCUT2D eigenvalue weighted by molar-refractivity contribution is 5.47. The summed E-state index contributed by atoms with van der Waals surface area (Å²) in [5.41, 5.74) is 4.12. The quantitative estimate of drug-likeness (QED) is 0.841. The van der Waals surface area contributed by atoms with Gasteiger partial charge in [-0.25, -0.2) is 0 Å². The highest BCUT2D eigenvalue weighted by atomic mass is 19.4. The minimum absolute atomic E-state index is 0.0266. The second kappa shape index (κ2) is 3.91. The van der Waals surface area contributed by atoms with Gasteiger partial charge in [-0.1, -0.05) is 12.5 Å². The van der Waals surface area contributed by atoms with Crippen LogP contribution in [0.25, 0.3) is 0 Å². The van der Waals surface area contributed by atoms with Crippen LogP contribution in [0.5, 0.6) is 5.75 Å². The topological polar surface area (TPSA) is 46.2 Å². The molecule has 1 aromatic rings. The fourth-order valence-electron chi connectivity index (χ4n) is 2.49. The Hall–Kier alpha value is -1.23. The van der Waals surface area contributed by atoms with Crippen molar-refractivity contribution in [2.75, 3.05) is 6.54 Å². The summed E-state index contributed by atoms with van der Waals surface area (Å²) < 4.78 is 38.7. The van der Waals surface area contributed by atoms with Gasteiger partial charge in [0.1, 0.15) is 5.75 Å². The van der Waals surface area contributed by atoms with Gasteiger partial charge < -0.3 is 10.8 Å². The van der Waals surface area contributed by atoms with Crippen LogP contribution in [0.2, 0.25) is 0 Å². The maximum atomic E-state index is 12.9. The Morgan fingerprint density at radius 2 is 1.94 bits per heavy atom. The molecule has 3 N–H and O–H groups in total. The van der Waals surface area contributed by atoms with E-state index in [-0.39, 0.29) is 17.9 Å². The van der Waals surface area contributed by atoms with Crippen LogP contribution in [0, 0.1) is 0 Å². The minimum atomic E-state index is -4.45. The van der Waals surface area contributed by atoms with Crippen LogP contribution in [0.15, 0.2) is 18.2 Å². The van der Waals surface area contributed by atoms with E-state index in [1.807, 2.05) is 0 Å². The third-order valence-corrected chi connectivity index (χ3v) is 3.58. The molecule has 0 aromatic heterocycles. The Morgan fingerprint density at radius 1 is 1.29 bits per heavy atom. The summed E-state index contributed by atoms with van der Waals surface area (Å²) in [5.74, 6) is -0.301. The molecular weight excluding hydrogens is 231 g/mol. The molecule has 0 bridgehead atoms. The molecule has 2 nitrogen and oxygen atoms in total. The molecule has 5 heteroatoms. The zero-order chi connectivity index (χ0) is 12.7. The Kier molecular flexibility index (Phi) is 2.81. The fourth-order valence-corrected chi connectivity index (χ4v) is 2.49. The lowest BCUT2D eigenvalue weighted by Crippen LogP contribution is -2.43. The molecule has 1 fully saturated rings. The number of halogens is 3. The molecule has 17 heavy (non-hydrogen) atoms. The first kappa shape index (κ1) is 12.2. The minimum Gasteiger partial charge on any atom is -0.508 e. The first-order chi connectivity index (χ1) is 7.91. The molecule has 0 aliphatic heterocycles. The molecule has 0 atom stereocenters. The van der Waals surface area contributed by atoms with Gasteiger partial charge >= 0.3 is 6.18 Å². The summed E-state index contributed by atoms with van der Waals surface area (Å²) >= 11 is 0. The highest BCUT2D eigenvalue weighted by Gasteiger charge is 2.46. The molecule has 0 radical (unpaired) electrons. The number of nitrogens with two attached hydrogens (primary N) is 1. The number of hydrogen-bond acceptors (Lipinski definition) is 2. The molecule has 94 valence electrons. The molecular formula is C12H14F3NO. The van der Waals surface area contributed by atoms with E-state index >= 15 is 0 Å². The average Bonchev–Trinajstić information content (AvgIpc) is 2.17. The van der Waals surface area contributed by atoms with E-state index in [4.69, 9.17) is 5.73 Å². The van der Waals surface area contributed by atoms with E-state index < -0.39 is 17.2 Å². The number of alkyl halides is 3. The normalized spacial score (nSPS) is 18.8. The van der Waals surface area contributed by atoms with Gasteiger partial charge in [-0.15, -0.1) is 0 Å². The van der Waals surface area contributed by atoms with E-state index in [2.05, 4.69) is 0 Å². The molecule has 0 amide bonds. The number of phenolic OH excluding ortho intramolecular Hbond substituents is 1. The smallest absolute Gasteiger partial charge is 0.416 e. The second-order valence-electron chi connectivity index (χ2n) is 4.54. The van der Waals surface area contributed by atoms with Gasteiger partial charge in [-0.05, 0) is 25.0 Å². The van der Waals surface area contributed by atoms with Gasteiger partial charge in [0, 0.05) is 17.5 Å². The third-order valence-electron chi connectivity index (χ3n) is 3.58. The summed E-state index contributed by atoms with van der Waals surface area (Å²) in [5, 5.41) is 9.73. The number of benzene rings is 1. The van der Waals surface area contributed by atoms with Crippen molar-refractivity contribution in [3.05, 3.63) is 29.3 Å². The zero-order valence-electron chi connectivity index (χ0n) is 9.22. The van der Waals surface area contributed by atoms with Gasteiger partial charge in [0.25, 0.3) is 0 Å². The van der Waals surface area contributed by atoms with Crippen LogP contribution >= 0.6 is 0 Å². The number of hydrogen-bond donors (Lipinski definition) is 2. The van der Waals surface area contributed by atoms with Crippen LogP contribution in [0.1, 0.15) is 30.4 Å². The van der Waals surface area contributed by atoms with Crippen LogP contribution in [0.4, 0.5) is 13.2 Å². The second-order valence-corrected chi connectivity index (χ2v) is 4.54. The molecule has 1 aliphatic carbocycles. The first-order valence-electron chi connectivity index (χ1n) is 5.50. The summed E-state index contributed by atoms with van der Waals surface area (Å²) in [6.45, 7) is 0.133. The standard InChI is InChI=1S/C12H14F3NO/c13-12(14,15)8-3-1-4-9(17)10(8)11(7-16)5-2-6-11/h1,3-4,17H,2,5-7,16H2. The van der Waals surface area contributed by atoms with Gasteiger partial charge in [-0.2, -0.15) is 13.2 Å². The van der Waals surface area contributed by atoms with Crippen molar-refractivity contribution in [3.8, 4) is 5.75 Å². The van der Waals surface area contributed by atoms with Crippen molar-refractivity contribution in [1.82, 2.24) is 0 Å². The maximum absolute atomic E-state index is 12.9. The Balaban J connectivity index is 2.59. The predicted molar refractivity (Wildman–Crippen MR) is 57.7 cm³/mol. The lowest BCUT2D eigenvalue weighted by Gasteiger charge is -2.43. The number of aromatic hydroxyl groups is 1. The average molecular weight is 245 g/mol. The lowest BCUT2D eigenvalue weighted by molar-refractivity contribution is -0.139. The number of rotatable bonds is 2. The van der Waals surface area contributed by atoms with Crippen molar-refractivity contribution in [2.45, 2.75) is 30.9 Å². The summed E-state index contributed by atoms with van der Waals surface area (Å²) in [4.78, 5) is 0. The van der Waals surface area contributed by atoms with Gasteiger partial charge in [0.2, 0.25) is 0 Å². The molecule has 2 rings (SSSR count). The molecule has 0 heterocycles. The third kappa shape index (κ3) is 1.88. The van der Waals surface area contributed by atoms with E-state index in [0.29, 0.717) is 12.8 Å². The van der Waals surface area contributed by atoms with Crippen molar-refractivity contribution >= 4 is 0 Å². The van der Waals surface area contributed by atoms with Crippen molar-refractivity contribution in [2.24, 2.45) is 5.73 Å². The Bertz CT molecular complexity index is 419. The van der Waals surface area contributed by atoms with E-state index in [9.17, 15) is 18.3 Å². The maximum Gasteiger partial charge on any atom is 0.416 e. The molecule has 1 aliphatic rings. The van der Waals surface area contributed by atoms with Gasteiger partial charge in [0.15, 0.2) is 0 Å². The fraction of sp³-hybridized carbons (Fsp3) is 0.500. The predicted octanol–water partition coefficient (Wildman–Crippen LogP) is 2.79. The largest absolute Gasteiger partial charge is 0.508 e. The van der Waals surface area contributed by atoms with Gasteiger partial charge in [-0.3, -0.25) is 0 Å². The molecule has 1 aromatic carbocycles. The Morgan fingerprint density at radius 3 is 2.35 bits per heavy atom. The molecule has 1 saturated carbocycles. The summed E-state index contributed by atoms with van der Waals surface area (Å²) in [7, 11) is 0. The van der Waals surface area contributed by atoms with Crippen LogP contribution in [0.3, 0.4) is 0 Å². The van der Waals surface area contributed by atoms with E-state index in [1.54, 1.807) is 0 Å². The summed E-state index contributed by atoms with van der Waals surface area (Å²) in [6.07, 6.45) is -2.40. The SMILES string of the molecule is NCC1(c2c(O)cccc2C(F)(F)F)CCC1. The van der Waals surface area contributed by atoms with E-state index in [0.717, 1.165) is 12.5 Å². The first-order valence-corrected chi connectivity index (χ1v) is 5.50. The van der Waals surface area contributed by atoms with Crippen LogP contribution in [-0.4, -0.2) is 11.7 Å². The zero-order valence-corrected chi connectivity index (χ0v) is 9.22. The number of phenols is 1. The van der Waals surface area contributed by atoms with Crippen LogP contribution < -0.4 is 5.73 Å². The van der Waals surface area contributed by atoms with E-state index in [1.165, 1.54) is 12.1 Å². The van der Waals surface area contributed by atoms with Gasteiger partial charge in [0.05, 0.1) is 5.56 Å².